The molecule has 4 unspecified atom stereocenters. The lowest BCUT2D eigenvalue weighted by Gasteiger charge is -2.25. The minimum absolute atomic E-state index is 0.0451. The molecule has 1 rings (SSSR count). The summed E-state index contributed by atoms with van der Waals surface area (Å²) in [6.45, 7) is 4.78. The number of carboxylic acid groups (broad SMARTS) is 1. The minimum atomic E-state index is -1.19. The molecule has 0 aliphatic heterocycles. The zero-order valence-electron chi connectivity index (χ0n) is 19.3. The number of phenols is 1. The molecule has 1 aromatic carbocycles. The number of carbonyl (C=O) groups is 4. The quantitative estimate of drug-likeness (QED) is 0.232. The van der Waals surface area contributed by atoms with E-state index in [0.29, 0.717) is 17.7 Å². The molecule has 33 heavy (non-hydrogen) atoms. The lowest BCUT2D eigenvalue weighted by molar-refractivity contribution is -0.143. The Kier molecular flexibility index (Phi) is 11.7. The SMILES string of the molecule is CSCCC(N)C(=O)NC(C)C(=O)NC(Cc1ccc(O)cc1)C(=O)NC(C(=O)O)C(C)C. The summed E-state index contributed by atoms with van der Waals surface area (Å²) in [6.07, 6.45) is 2.41. The average Bonchev–Trinajstić information content (AvgIpc) is 2.75. The van der Waals surface area contributed by atoms with Gasteiger partial charge in [0.1, 0.15) is 23.9 Å². The molecule has 0 radical (unpaired) electrons. The molecule has 0 aliphatic carbocycles. The van der Waals surface area contributed by atoms with Crippen molar-refractivity contribution in [2.45, 2.75) is 57.8 Å². The summed E-state index contributed by atoms with van der Waals surface area (Å²) < 4.78 is 0. The van der Waals surface area contributed by atoms with Crippen LogP contribution in [0.25, 0.3) is 0 Å². The summed E-state index contributed by atoms with van der Waals surface area (Å²) in [5, 5.41) is 26.4. The van der Waals surface area contributed by atoms with Crippen molar-refractivity contribution in [3.05, 3.63) is 29.8 Å². The second-order valence-electron chi connectivity index (χ2n) is 8.12. The Morgan fingerprint density at radius 3 is 2.09 bits per heavy atom. The van der Waals surface area contributed by atoms with Gasteiger partial charge in [0.15, 0.2) is 0 Å². The fraction of sp³-hybridized carbons (Fsp3) is 0.545. The van der Waals surface area contributed by atoms with Crippen molar-refractivity contribution in [1.82, 2.24) is 16.0 Å². The molecular weight excluding hydrogens is 448 g/mol. The molecular formula is C22H34N4O6S. The van der Waals surface area contributed by atoms with Gasteiger partial charge in [-0.15, -0.1) is 0 Å². The van der Waals surface area contributed by atoms with E-state index in [2.05, 4.69) is 16.0 Å². The van der Waals surface area contributed by atoms with Crippen LogP contribution in [-0.2, 0) is 25.6 Å². The normalized spacial score (nSPS) is 14.6. The van der Waals surface area contributed by atoms with Gasteiger partial charge < -0.3 is 31.9 Å². The van der Waals surface area contributed by atoms with E-state index in [0.717, 1.165) is 0 Å². The number of nitrogens with two attached hydrogens (primary N) is 1. The van der Waals surface area contributed by atoms with Crippen LogP contribution in [0.4, 0.5) is 0 Å². The number of rotatable bonds is 13. The third-order valence-corrected chi connectivity index (χ3v) is 5.61. The van der Waals surface area contributed by atoms with Crippen molar-refractivity contribution in [3.8, 4) is 5.75 Å². The number of benzene rings is 1. The maximum atomic E-state index is 12.9. The Bertz CT molecular complexity index is 818. The Morgan fingerprint density at radius 2 is 1.58 bits per heavy atom. The summed E-state index contributed by atoms with van der Waals surface area (Å²) in [4.78, 5) is 49.3. The first kappa shape index (κ1) is 28.2. The zero-order valence-corrected chi connectivity index (χ0v) is 20.1. The lowest BCUT2D eigenvalue weighted by atomic mass is 10.0. The van der Waals surface area contributed by atoms with E-state index in [1.807, 2.05) is 6.26 Å². The highest BCUT2D eigenvalue weighted by Gasteiger charge is 2.30. The Labute approximate surface area is 198 Å². The van der Waals surface area contributed by atoms with Crippen LogP contribution in [0.15, 0.2) is 24.3 Å². The maximum Gasteiger partial charge on any atom is 0.326 e. The highest BCUT2D eigenvalue weighted by atomic mass is 32.2. The second kappa shape index (κ2) is 13.7. The van der Waals surface area contributed by atoms with E-state index in [-0.39, 0.29) is 18.1 Å². The first-order valence-electron chi connectivity index (χ1n) is 10.6. The van der Waals surface area contributed by atoms with Crippen LogP contribution >= 0.6 is 11.8 Å². The largest absolute Gasteiger partial charge is 0.508 e. The first-order valence-corrected chi connectivity index (χ1v) is 12.0. The van der Waals surface area contributed by atoms with Crippen LogP contribution < -0.4 is 21.7 Å². The molecule has 11 heteroatoms. The van der Waals surface area contributed by atoms with E-state index < -0.39 is 47.9 Å². The summed E-state index contributed by atoms with van der Waals surface area (Å²) in [5.41, 5.74) is 6.47. The molecule has 0 spiro atoms. The lowest BCUT2D eigenvalue weighted by Crippen LogP contribution is -2.57. The van der Waals surface area contributed by atoms with E-state index in [1.54, 1.807) is 37.7 Å². The Morgan fingerprint density at radius 1 is 0.970 bits per heavy atom. The van der Waals surface area contributed by atoms with E-state index in [9.17, 15) is 29.4 Å². The van der Waals surface area contributed by atoms with Crippen LogP contribution in [-0.4, -0.2) is 70.1 Å². The molecule has 4 atom stereocenters. The molecule has 0 aromatic heterocycles. The van der Waals surface area contributed by atoms with Gasteiger partial charge in [0.05, 0.1) is 6.04 Å². The molecule has 0 saturated heterocycles. The Balaban J connectivity index is 2.94. The summed E-state index contributed by atoms with van der Waals surface area (Å²) in [6, 6.07) is 2.11. The number of carbonyl (C=O) groups excluding carboxylic acids is 3. The van der Waals surface area contributed by atoms with Gasteiger partial charge >= 0.3 is 5.97 Å². The molecule has 0 aliphatic rings. The van der Waals surface area contributed by atoms with Crippen molar-refractivity contribution >= 4 is 35.5 Å². The van der Waals surface area contributed by atoms with E-state index >= 15 is 0 Å². The van der Waals surface area contributed by atoms with Crippen molar-refractivity contribution < 1.29 is 29.4 Å². The first-order chi connectivity index (χ1) is 15.5. The molecule has 10 nitrogen and oxygen atoms in total. The van der Waals surface area contributed by atoms with Crippen LogP contribution in [0.2, 0.25) is 0 Å². The van der Waals surface area contributed by atoms with Gasteiger partial charge in [-0.1, -0.05) is 26.0 Å². The van der Waals surface area contributed by atoms with Gasteiger partial charge in [-0.2, -0.15) is 11.8 Å². The number of amides is 3. The van der Waals surface area contributed by atoms with Crippen molar-refractivity contribution in [1.29, 1.82) is 0 Å². The van der Waals surface area contributed by atoms with Crippen molar-refractivity contribution in [3.63, 3.8) is 0 Å². The fourth-order valence-electron chi connectivity index (χ4n) is 2.90. The third-order valence-electron chi connectivity index (χ3n) is 4.96. The van der Waals surface area contributed by atoms with Crippen LogP contribution in [0.3, 0.4) is 0 Å². The molecule has 3 amide bonds. The number of aliphatic carboxylic acids is 1. The summed E-state index contributed by atoms with van der Waals surface area (Å²) in [5.74, 6) is -2.58. The van der Waals surface area contributed by atoms with Gasteiger partial charge in [0.25, 0.3) is 0 Å². The second-order valence-corrected chi connectivity index (χ2v) is 9.10. The van der Waals surface area contributed by atoms with Crippen molar-refractivity contribution in [2.24, 2.45) is 11.7 Å². The average molecular weight is 483 g/mol. The molecule has 0 heterocycles. The molecule has 0 fully saturated rings. The van der Waals surface area contributed by atoms with Gasteiger partial charge in [-0.3, -0.25) is 14.4 Å². The van der Waals surface area contributed by atoms with Gasteiger partial charge in [-0.05, 0) is 49.0 Å². The Hall–Kier alpha value is -2.79. The van der Waals surface area contributed by atoms with Crippen LogP contribution in [0, 0.1) is 5.92 Å². The van der Waals surface area contributed by atoms with E-state index in [1.165, 1.54) is 19.1 Å². The van der Waals surface area contributed by atoms with Crippen molar-refractivity contribution in [2.75, 3.05) is 12.0 Å². The zero-order chi connectivity index (χ0) is 25.1. The van der Waals surface area contributed by atoms with Gasteiger partial charge in [0.2, 0.25) is 17.7 Å². The number of thioether (sulfide) groups is 1. The van der Waals surface area contributed by atoms with Gasteiger partial charge in [0, 0.05) is 6.42 Å². The molecule has 0 saturated carbocycles. The number of phenolic OH excluding ortho intramolecular Hbond substituents is 1. The highest BCUT2D eigenvalue weighted by Crippen LogP contribution is 2.12. The number of aromatic hydroxyl groups is 1. The fourth-order valence-corrected chi connectivity index (χ4v) is 3.39. The standard InChI is InChI=1S/C22H34N4O6S/c1-12(2)18(22(31)32)26-21(30)17(11-14-5-7-15(27)8-6-14)25-19(28)13(3)24-20(29)16(23)9-10-33-4/h5-8,12-13,16-18,27H,9-11,23H2,1-4H3,(H,24,29)(H,25,28)(H,26,30)(H,31,32). The van der Waals surface area contributed by atoms with Crippen LogP contribution in [0.5, 0.6) is 5.75 Å². The molecule has 184 valence electrons. The molecule has 0 bridgehead atoms. The predicted octanol–water partition coefficient (Wildman–Crippen LogP) is 0.230. The third kappa shape index (κ3) is 9.70. The number of carboxylic acids is 1. The van der Waals surface area contributed by atoms with E-state index in [4.69, 9.17) is 5.73 Å². The number of hydrogen-bond donors (Lipinski definition) is 6. The van der Waals surface area contributed by atoms with Gasteiger partial charge in [-0.25, -0.2) is 4.79 Å². The predicted molar refractivity (Wildman–Crippen MR) is 127 cm³/mol. The minimum Gasteiger partial charge on any atom is -0.508 e. The number of nitrogens with one attached hydrogen (secondary N) is 3. The van der Waals surface area contributed by atoms with Crippen LogP contribution in [0.1, 0.15) is 32.8 Å². The smallest absolute Gasteiger partial charge is 0.326 e. The monoisotopic (exact) mass is 482 g/mol. The topological polar surface area (TPSA) is 171 Å². The summed E-state index contributed by atoms with van der Waals surface area (Å²) >= 11 is 1.55. The number of hydrogen-bond acceptors (Lipinski definition) is 7. The molecule has 1 aromatic rings. The molecule has 7 N–H and O–H groups in total. The highest BCUT2D eigenvalue weighted by molar-refractivity contribution is 7.98. The maximum absolute atomic E-state index is 12.9. The summed E-state index contributed by atoms with van der Waals surface area (Å²) in [7, 11) is 0.